The monoisotopic (exact) mass is 349 g/mol. The van der Waals surface area contributed by atoms with Crippen LogP contribution in [0.25, 0.3) is 0 Å². The van der Waals surface area contributed by atoms with Crippen molar-refractivity contribution in [3.8, 4) is 0 Å². The van der Waals surface area contributed by atoms with Gasteiger partial charge in [-0.3, -0.25) is 14.9 Å². The van der Waals surface area contributed by atoms with Crippen LogP contribution in [0.15, 0.2) is 18.2 Å². The molecule has 3 rings (SSSR count). The van der Waals surface area contributed by atoms with Gasteiger partial charge < -0.3 is 9.64 Å². The molecule has 1 atom stereocenters. The van der Waals surface area contributed by atoms with Crippen LogP contribution in [-0.4, -0.2) is 36.8 Å². The smallest absolute Gasteiger partial charge is 0.277 e. The Hall–Kier alpha value is -2.19. The standard InChI is InChI=1S/C17H23N3O5/c21-17(18-25-16-6-2-5-11-24-16)14-12-13(20(22)23)7-8-15(14)19-9-3-1-4-10-19/h7-8,12,16H,1-6,9-11H2,(H,18,21)/t16-/m0/s1. The van der Waals surface area contributed by atoms with E-state index in [0.29, 0.717) is 18.7 Å². The Morgan fingerprint density at radius 3 is 2.72 bits per heavy atom. The van der Waals surface area contributed by atoms with Gasteiger partial charge in [0.15, 0.2) is 6.29 Å². The minimum Gasteiger partial charge on any atom is -0.371 e. The van der Waals surface area contributed by atoms with Crippen molar-refractivity contribution in [3.63, 3.8) is 0 Å². The predicted molar refractivity (Wildman–Crippen MR) is 91.3 cm³/mol. The molecule has 8 heteroatoms. The first-order valence-corrected chi connectivity index (χ1v) is 8.76. The van der Waals surface area contributed by atoms with Crippen LogP contribution in [0.2, 0.25) is 0 Å². The van der Waals surface area contributed by atoms with Crippen molar-refractivity contribution < 1.29 is 19.3 Å². The second-order valence-electron chi connectivity index (χ2n) is 6.35. The fourth-order valence-electron chi connectivity index (χ4n) is 3.21. The predicted octanol–water partition coefficient (Wildman–Crippen LogP) is 2.77. The molecular formula is C17H23N3O5. The van der Waals surface area contributed by atoms with E-state index in [9.17, 15) is 14.9 Å². The number of carbonyl (C=O) groups excluding carboxylic acids is 1. The van der Waals surface area contributed by atoms with Crippen molar-refractivity contribution in [1.29, 1.82) is 0 Å². The van der Waals surface area contributed by atoms with Crippen LogP contribution in [0.5, 0.6) is 0 Å². The average molecular weight is 349 g/mol. The fourth-order valence-corrected chi connectivity index (χ4v) is 3.21. The molecular weight excluding hydrogens is 326 g/mol. The molecule has 2 saturated heterocycles. The Balaban J connectivity index is 1.76. The number of nitrogens with zero attached hydrogens (tertiary/aromatic N) is 2. The maximum atomic E-state index is 12.6. The summed E-state index contributed by atoms with van der Waals surface area (Å²) < 4.78 is 5.42. The lowest BCUT2D eigenvalue weighted by atomic mass is 10.1. The SMILES string of the molecule is O=C(NO[C@H]1CCCCO1)c1cc([N+](=O)[O-])ccc1N1CCCCC1. The van der Waals surface area contributed by atoms with Gasteiger partial charge in [0.2, 0.25) is 0 Å². The van der Waals surface area contributed by atoms with E-state index in [0.717, 1.165) is 45.2 Å². The van der Waals surface area contributed by atoms with Gasteiger partial charge in [-0.05, 0) is 38.2 Å². The molecule has 0 saturated carbocycles. The van der Waals surface area contributed by atoms with Crippen LogP contribution in [0, 0.1) is 10.1 Å². The number of hydrogen-bond acceptors (Lipinski definition) is 6. The van der Waals surface area contributed by atoms with E-state index in [-0.39, 0.29) is 11.3 Å². The van der Waals surface area contributed by atoms with Gasteiger partial charge in [-0.2, -0.15) is 0 Å². The normalized spacial score (nSPS) is 21.0. The average Bonchev–Trinajstić information content (AvgIpc) is 2.67. The van der Waals surface area contributed by atoms with Gasteiger partial charge in [-0.1, -0.05) is 0 Å². The second kappa shape index (κ2) is 8.26. The number of ether oxygens (including phenoxy) is 1. The van der Waals surface area contributed by atoms with Gasteiger partial charge >= 0.3 is 0 Å². The van der Waals surface area contributed by atoms with Crippen molar-refractivity contribution in [2.24, 2.45) is 0 Å². The molecule has 2 fully saturated rings. The lowest BCUT2D eigenvalue weighted by molar-refractivity contribution is -0.384. The molecule has 1 N–H and O–H groups in total. The number of hydroxylamine groups is 1. The van der Waals surface area contributed by atoms with Gasteiger partial charge in [0.05, 0.1) is 16.2 Å². The third kappa shape index (κ3) is 4.46. The highest BCUT2D eigenvalue weighted by Crippen LogP contribution is 2.28. The van der Waals surface area contributed by atoms with Gasteiger partial charge in [0, 0.05) is 38.2 Å². The van der Waals surface area contributed by atoms with Gasteiger partial charge in [0.1, 0.15) is 0 Å². The number of amides is 1. The summed E-state index contributed by atoms with van der Waals surface area (Å²) in [5.74, 6) is -0.488. The van der Waals surface area contributed by atoms with Gasteiger partial charge in [0.25, 0.3) is 11.6 Å². The lowest BCUT2D eigenvalue weighted by Gasteiger charge is -2.30. The van der Waals surface area contributed by atoms with Crippen LogP contribution in [0.1, 0.15) is 48.9 Å². The molecule has 0 aromatic heterocycles. The first-order valence-electron chi connectivity index (χ1n) is 8.76. The Morgan fingerprint density at radius 2 is 2.04 bits per heavy atom. The van der Waals surface area contributed by atoms with E-state index in [1.54, 1.807) is 6.07 Å². The summed E-state index contributed by atoms with van der Waals surface area (Å²) in [7, 11) is 0. The number of nitro groups is 1. The molecule has 25 heavy (non-hydrogen) atoms. The highest BCUT2D eigenvalue weighted by Gasteiger charge is 2.23. The molecule has 1 amide bonds. The summed E-state index contributed by atoms with van der Waals surface area (Å²) in [6.07, 6.45) is 5.47. The number of anilines is 1. The summed E-state index contributed by atoms with van der Waals surface area (Å²) in [5.41, 5.74) is 3.25. The molecule has 0 aliphatic carbocycles. The summed E-state index contributed by atoms with van der Waals surface area (Å²) >= 11 is 0. The zero-order chi connectivity index (χ0) is 17.6. The molecule has 0 unspecified atom stereocenters. The van der Waals surface area contributed by atoms with Gasteiger partial charge in [-0.15, -0.1) is 0 Å². The topological polar surface area (TPSA) is 93.9 Å². The van der Waals surface area contributed by atoms with E-state index in [1.165, 1.54) is 12.1 Å². The number of carbonyl (C=O) groups is 1. The highest BCUT2D eigenvalue weighted by atomic mass is 16.8. The van der Waals surface area contributed by atoms with Crippen LogP contribution < -0.4 is 10.4 Å². The van der Waals surface area contributed by atoms with E-state index in [4.69, 9.17) is 9.57 Å². The largest absolute Gasteiger partial charge is 0.371 e. The molecule has 0 bridgehead atoms. The summed E-state index contributed by atoms with van der Waals surface area (Å²) in [4.78, 5) is 30.6. The van der Waals surface area contributed by atoms with Crippen molar-refractivity contribution in [1.82, 2.24) is 5.48 Å². The number of non-ortho nitro benzene ring substituents is 1. The molecule has 2 heterocycles. The molecule has 0 spiro atoms. The summed E-state index contributed by atoms with van der Waals surface area (Å²) in [5, 5.41) is 11.1. The number of rotatable bonds is 5. The maximum Gasteiger partial charge on any atom is 0.277 e. The van der Waals surface area contributed by atoms with Crippen molar-refractivity contribution in [3.05, 3.63) is 33.9 Å². The Morgan fingerprint density at radius 1 is 1.24 bits per heavy atom. The molecule has 1 aromatic carbocycles. The number of nitrogens with one attached hydrogen (secondary N) is 1. The first-order chi connectivity index (χ1) is 12.1. The van der Waals surface area contributed by atoms with Crippen LogP contribution in [0.3, 0.4) is 0 Å². The lowest BCUT2D eigenvalue weighted by Crippen LogP contribution is -2.35. The van der Waals surface area contributed by atoms with E-state index in [2.05, 4.69) is 10.4 Å². The van der Waals surface area contributed by atoms with Crippen molar-refractivity contribution >= 4 is 17.3 Å². The Kier molecular flexibility index (Phi) is 5.83. The summed E-state index contributed by atoms with van der Waals surface area (Å²) in [6, 6.07) is 4.39. The van der Waals surface area contributed by atoms with Crippen LogP contribution >= 0.6 is 0 Å². The molecule has 2 aliphatic rings. The van der Waals surface area contributed by atoms with Crippen molar-refractivity contribution in [2.75, 3.05) is 24.6 Å². The Labute approximate surface area is 146 Å². The quantitative estimate of drug-likeness (QED) is 0.649. The van der Waals surface area contributed by atoms with Gasteiger partial charge in [-0.25, -0.2) is 10.3 Å². The third-order valence-corrected chi connectivity index (χ3v) is 4.55. The third-order valence-electron chi connectivity index (χ3n) is 4.55. The zero-order valence-electron chi connectivity index (χ0n) is 14.1. The Bertz CT molecular complexity index is 625. The van der Waals surface area contributed by atoms with Crippen LogP contribution in [0.4, 0.5) is 11.4 Å². The number of hydrogen-bond donors (Lipinski definition) is 1. The van der Waals surface area contributed by atoms with Crippen LogP contribution in [-0.2, 0) is 9.57 Å². The number of benzene rings is 1. The molecule has 0 radical (unpaired) electrons. The van der Waals surface area contributed by atoms with E-state index in [1.807, 2.05) is 0 Å². The van der Waals surface area contributed by atoms with E-state index >= 15 is 0 Å². The second-order valence-corrected chi connectivity index (χ2v) is 6.35. The molecule has 1 aromatic rings. The number of nitro benzene ring substituents is 1. The van der Waals surface area contributed by atoms with Crippen molar-refractivity contribution in [2.45, 2.75) is 44.8 Å². The molecule has 2 aliphatic heterocycles. The number of piperidine rings is 1. The zero-order valence-corrected chi connectivity index (χ0v) is 14.1. The minimum atomic E-state index is -0.498. The first kappa shape index (κ1) is 17.6. The minimum absolute atomic E-state index is 0.111. The molecule has 8 nitrogen and oxygen atoms in total. The summed E-state index contributed by atoms with van der Waals surface area (Å²) in [6.45, 7) is 2.28. The molecule has 136 valence electrons. The fraction of sp³-hybridized carbons (Fsp3) is 0.588. The highest BCUT2D eigenvalue weighted by molar-refractivity contribution is 6.00. The maximum absolute atomic E-state index is 12.6. The van der Waals surface area contributed by atoms with E-state index < -0.39 is 17.1 Å².